The number of unbranched alkanes of at least 4 members (excludes halogenated alkanes) is 1. The molecule has 2 aliphatic heterocycles. The number of thioether (sulfide) groups is 1. The minimum absolute atomic E-state index is 0.0857. The molecule has 222 valence electrons. The largest absolute Gasteiger partial charge is 0.420 e. The van der Waals surface area contributed by atoms with Crippen molar-refractivity contribution in [3.05, 3.63) is 29.1 Å². The normalized spacial score (nSPS) is 19.5. The van der Waals surface area contributed by atoms with Gasteiger partial charge in [0.05, 0.1) is 31.7 Å². The number of fused-ring (bicyclic) bond motifs is 1. The Morgan fingerprint density at radius 1 is 0.825 bits per heavy atom. The van der Waals surface area contributed by atoms with Crippen LogP contribution in [0.4, 0.5) is 26.7 Å². The maximum Gasteiger partial charge on any atom is 0.315 e. The molecule has 2 fully saturated rings. The lowest BCUT2D eigenvalue weighted by Gasteiger charge is -2.16. The summed E-state index contributed by atoms with van der Waals surface area (Å²) in [6.45, 7) is -0.0272. The number of hydrogen-bond donors (Lipinski definition) is 4. The highest BCUT2D eigenvalue weighted by Crippen LogP contribution is 2.33. The lowest BCUT2D eigenvalue weighted by molar-refractivity contribution is -0.136. The summed E-state index contributed by atoms with van der Waals surface area (Å²) in [7, 11) is 0. The first kappa shape index (κ1) is 31.4. The van der Waals surface area contributed by atoms with Crippen LogP contribution < -0.4 is 26.0 Å². The number of nitrogens with one attached hydrogen (secondary N) is 4. The number of carbonyl (C=O) groups is 4. The average Bonchev–Trinajstić information content (AvgIpc) is 3.48. The Hall–Kier alpha value is -3.14. The second-order valence-electron chi connectivity index (χ2n) is 9.05. The van der Waals surface area contributed by atoms with E-state index in [1.807, 2.05) is 11.8 Å². The van der Waals surface area contributed by atoms with Crippen LogP contribution >= 0.6 is 11.8 Å². The molecule has 0 spiro atoms. The summed E-state index contributed by atoms with van der Waals surface area (Å²) in [6, 6.07) is 0.185. The minimum atomic E-state index is -2.37. The number of esters is 1. The highest BCUT2D eigenvalue weighted by atomic mass is 32.2. The van der Waals surface area contributed by atoms with Crippen LogP contribution in [0.5, 0.6) is 5.75 Å². The van der Waals surface area contributed by atoms with Gasteiger partial charge < -0.3 is 30.7 Å². The Balaban J connectivity index is 1.17. The molecule has 0 aromatic heterocycles. The number of hydrogen-bond acceptors (Lipinski definition) is 7. The van der Waals surface area contributed by atoms with Crippen LogP contribution in [0.3, 0.4) is 0 Å². The van der Waals surface area contributed by atoms with Gasteiger partial charge in [0.15, 0.2) is 0 Å². The number of halogens is 5. The Labute approximate surface area is 230 Å². The van der Waals surface area contributed by atoms with Crippen LogP contribution in [0.1, 0.15) is 38.5 Å². The highest BCUT2D eigenvalue weighted by molar-refractivity contribution is 8.00. The first-order valence-electron chi connectivity index (χ1n) is 12.6. The summed E-state index contributed by atoms with van der Waals surface area (Å²) < 4.78 is 75.6. The third-order valence-electron chi connectivity index (χ3n) is 6.16. The minimum Gasteiger partial charge on any atom is -0.420 e. The van der Waals surface area contributed by atoms with E-state index in [-0.39, 0.29) is 62.7 Å². The number of urea groups is 1. The lowest BCUT2D eigenvalue weighted by atomic mass is 10.0. The summed E-state index contributed by atoms with van der Waals surface area (Å²) in [4.78, 5) is 46.8. The van der Waals surface area contributed by atoms with Crippen molar-refractivity contribution in [3.63, 3.8) is 0 Å². The fraction of sp³-hybridized carbons (Fsp3) is 0.583. The molecule has 2 heterocycles. The van der Waals surface area contributed by atoms with E-state index in [0.29, 0.717) is 18.1 Å². The van der Waals surface area contributed by atoms with Gasteiger partial charge in [0.1, 0.15) is 0 Å². The predicted molar refractivity (Wildman–Crippen MR) is 132 cm³/mol. The van der Waals surface area contributed by atoms with Gasteiger partial charge >= 0.3 is 12.0 Å². The van der Waals surface area contributed by atoms with E-state index >= 15 is 0 Å². The first-order chi connectivity index (χ1) is 19.1. The molecular formula is C24H29F5N4O6S. The standard InChI is InChI=1S/C24H29F5N4O6S/c25-17-18(26)20(28)23(21(29)19(17)27)39-16(36)6-10-38-9-5-15(35)31-8-7-30-14(34)4-2-1-3-13-22-12(11-40-13)32-24(37)33-22/h12-13,22H,1-11H2,(H,30,34)(H,31,35)(H2,32,33,37)/t12-,13-,22-/m0/s1. The number of amides is 4. The second-order valence-corrected chi connectivity index (χ2v) is 10.3. The summed E-state index contributed by atoms with van der Waals surface area (Å²) in [5, 5.41) is 11.4. The molecule has 4 amide bonds. The number of ether oxygens (including phenoxy) is 2. The van der Waals surface area contributed by atoms with Crippen molar-refractivity contribution in [1.82, 2.24) is 21.3 Å². The van der Waals surface area contributed by atoms with Crippen LogP contribution in [-0.4, -0.2) is 73.2 Å². The number of rotatable bonds is 15. The van der Waals surface area contributed by atoms with E-state index in [9.17, 15) is 41.1 Å². The van der Waals surface area contributed by atoms with Gasteiger partial charge in [-0.2, -0.15) is 20.5 Å². The van der Waals surface area contributed by atoms with E-state index in [1.165, 1.54) is 0 Å². The van der Waals surface area contributed by atoms with Gasteiger partial charge in [-0.3, -0.25) is 14.4 Å². The zero-order valence-corrected chi connectivity index (χ0v) is 22.1. The maximum atomic E-state index is 13.5. The molecule has 0 radical (unpaired) electrons. The van der Waals surface area contributed by atoms with E-state index in [0.717, 1.165) is 18.6 Å². The second kappa shape index (κ2) is 15.0. The average molecular weight is 597 g/mol. The molecule has 0 bridgehead atoms. The van der Waals surface area contributed by atoms with Gasteiger partial charge in [0.2, 0.25) is 46.6 Å². The fourth-order valence-corrected chi connectivity index (χ4v) is 5.66. The van der Waals surface area contributed by atoms with Gasteiger partial charge in [-0.15, -0.1) is 0 Å². The zero-order chi connectivity index (χ0) is 29.2. The van der Waals surface area contributed by atoms with Gasteiger partial charge in [-0.1, -0.05) is 6.42 Å². The lowest BCUT2D eigenvalue weighted by Crippen LogP contribution is -2.36. The Morgan fingerprint density at radius 3 is 2.10 bits per heavy atom. The number of benzene rings is 1. The van der Waals surface area contributed by atoms with Crippen LogP contribution in [0.15, 0.2) is 0 Å². The van der Waals surface area contributed by atoms with Gasteiger partial charge in [0, 0.05) is 36.9 Å². The van der Waals surface area contributed by atoms with Crippen LogP contribution in [0, 0.1) is 29.1 Å². The smallest absolute Gasteiger partial charge is 0.315 e. The Bertz CT molecular complexity index is 1090. The van der Waals surface area contributed by atoms with Crippen LogP contribution in [-0.2, 0) is 19.1 Å². The molecule has 0 unspecified atom stereocenters. The summed E-state index contributed by atoms with van der Waals surface area (Å²) in [6.07, 6.45) is 2.17. The third-order valence-corrected chi connectivity index (χ3v) is 7.67. The molecule has 4 N–H and O–H groups in total. The van der Waals surface area contributed by atoms with Crippen molar-refractivity contribution in [3.8, 4) is 5.75 Å². The topological polar surface area (TPSA) is 135 Å². The SMILES string of the molecule is O=C(CCCC[C@@H]1SC[C@@H]2NC(=O)N[C@@H]21)NCCNC(=O)CCOCCC(=O)Oc1c(F)c(F)c(F)c(F)c1F. The molecule has 3 atom stereocenters. The molecular weight excluding hydrogens is 567 g/mol. The third kappa shape index (κ3) is 8.68. The van der Waals surface area contributed by atoms with E-state index in [1.54, 1.807) is 0 Å². The van der Waals surface area contributed by atoms with Crippen molar-refractivity contribution in [2.24, 2.45) is 0 Å². The summed E-state index contributed by atoms with van der Waals surface area (Å²) >= 11 is 1.82. The van der Waals surface area contributed by atoms with Crippen molar-refractivity contribution in [1.29, 1.82) is 0 Å². The molecule has 1 aromatic rings. The molecule has 3 rings (SSSR count). The van der Waals surface area contributed by atoms with Gasteiger partial charge in [0.25, 0.3) is 0 Å². The Kier molecular flexibility index (Phi) is 11.8. The molecule has 40 heavy (non-hydrogen) atoms. The van der Waals surface area contributed by atoms with Gasteiger partial charge in [-0.05, 0) is 12.8 Å². The first-order valence-corrected chi connectivity index (χ1v) is 13.6. The monoisotopic (exact) mass is 596 g/mol. The van der Waals surface area contributed by atoms with Crippen LogP contribution in [0.25, 0.3) is 0 Å². The van der Waals surface area contributed by atoms with Gasteiger partial charge in [-0.25, -0.2) is 18.0 Å². The molecule has 0 aliphatic carbocycles. The van der Waals surface area contributed by atoms with E-state index < -0.39 is 47.2 Å². The number of carbonyl (C=O) groups excluding carboxylic acids is 4. The molecule has 1 aromatic carbocycles. The Morgan fingerprint density at radius 2 is 1.43 bits per heavy atom. The summed E-state index contributed by atoms with van der Waals surface area (Å²) in [5.41, 5.74) is 0. The molecule has 2 aliphatic rings. The highest BCUT2D eigenvalue weighted by Gasteiger charge is 2.42. The summed E-state index contributed by atoms with van der Waals surface area (Å²) in [5.74, 6) is -14.0. The molecule has 2 saturated heterocycles. The van der Waals surface area contributed by atoms with E-state index in [4.69, 9.17) is 4.74 Å². The molecule has 10 nitrogen and oxygen atoms in total. The molecule has 0 saturated carbocycles. The van der Waals surface area contributed by atoms with Crippen molar-refractivity contribution >= 4 is 35.6 Å². The maximum absolute atomic E-state index is 13.5. The van der Waals surface area contributed by atoms with Crippen molar-refractivity contribution in [2.75, 3.05) is 32.1 Å². The fourth-order valence-electron chi connectivity index (χ4n) is 4.12. The van der Waals surface area contributed by atoms with Crippen molar-refractivity contribution < 1.29 is 50.6 Å². The molecule has 16 heteroatoms. The quantitative estimate of drug-likeness (QED) is 0.0463. The zero-order valence-electron chi connectivity index (χ0n) is 21.3. The van der Waals surface area contributed by atoms with Crippen LogP contribution in [0.2, 0.25) is 0 Å². The van der Waals surface area contributed by atoms with E-state index in [2.05, 4.69) is 26.0 Å². The predicted octanol–water partition coefficient (Wildman–Crippen LogP) is 2.04. The van der Waals surface area contributed by atoms with Crippen molar-refractivity contribution in [2.45, 2.75) is 55.9 Å².